The predicted molar refractivity (Wildman–Crippen MR) is 72.5 cm³/mol. The third kappa shape index (κ3) is 2.01. The van der Waals surface area contributed by atoms with Crippen LogP contribution in [0.3, 0.4) is 0 Å². The molecule has 0 N–H and O–H groups in total. The van der Waals surface area contributed by atoms with E-state index >= 15 is 0 Å². The maximum absolute atomic E-state index is 12.3. The number of carbonyl (C=O) groups is 1. The van der Waals surface area contributed by atoms with E-state index in [4.69, 9.17) is 4.42 Å². The Bertz CT molecular complexity index is 637. The molecule has 1 amide bonds. The third-order valence-electron chi connectivity index (χ3n) is 3.70. The van der Waals surface area contributed by atoms with Crippen LogP contribution in [-0.2, 0) is 6.42 Å². The summed E-state index contributed by atoms with van der Waals surface area (Å²) in [4.78, 5) is 18.1. The Morgan fingerprint density at radius 1 is 1.45 bits per heavy atom. The summed E-state index contributed by atoms with van der Waals surface area (Å²) < 4.78 is 7.21. The standard InChI is InChI=1S/C14H18N4O2/c1-4-12-13(15-8-20-12)14(19)17-6-11(7-17)18-10(3)5-9(2)16-18/h5,8,11H,4,6-7H2,1-3H3. The van der Waals surface area contributed by atoms with Crippen LogP contribution < -0.4 is 0 Å². The van der Waals surface area contributed by atoms with Gasteiger partial charge in [0, 0.05) is 25.2 Å². The van der Waals surface area contributed by atoms with Gasteiger partial charge < -0.3 is 9.32 Å². The zero-order chi connectivity index (χ0) is 14.3. The Hall–Kier alpha value is -2.11. The van der Waals surface area contributed by atoms with E-state index in [2.05, 4.69) is 16.1 Å². The molecular weight excluding hydrogens is 256 g/mol. The van der Waals surface area contributed by atoms with Crippen molar-refractivity contribution in [3.63, 3.8) is 0 Å². The molecule has 0 unspecified atom stereocenters. The minimum Gasteiger partial charge on any atom is -0.448 e. The molecule has 0 aliphatic carbocycles. The van der Waals surface area contributed by atoms with E-state index in [1.807, 2.05) is 25.5 Å². The zero-order valence-electron chi connectivity index (χ0n) is 12.0. The van der Waals surface area contributed by atoms with Crippen molar-refractivity contribution in [1.82, 2.24) is 19.7 Å². The number of carbonyl (C=O) groups excluding carboxylic acids is 1. The van der Waals surface area contributed by atoms with Crippen molar-refractivity contribution >= 4 is 5.91 Å². The van der Waals surface area contributed by atoms with Crippen molar-refractivity contribution in [2.24, 2.45) is 0 Å². The Morgan fingerprint density at radius 2 is 2.20 bits per heavy atom. The fraction of sp³-hybridized carbons (Fsp3) is 0.500. The molecule has 3 heterocycles. The summed E-state index contributed by atoms with van der Waals surface area (Å²) >= 11 is 0. The van der Waals surface area contributed by atoms with Crippen LogP contribution in [0.1, 0.15) is 40.6 Å². The van der Waals surface area contributed by atoms with Crippen LogP contribution in [0.25, 0.3) is 0 Å². The number of aryl methyl sites for hydroxylation is 3. The number of hydrogen-bond donors (Lipinski definition) is 0. The van der Waals surface area contributed by atoms with Crippen molar-refractivity contribution in [3.8, 4) is 0 Å². The highest BCUT2D eigenvalue weighted by atomic mass is 16.3. The van der Waals surface area contributed by atoms with Gasteiger partial charge in [-0.1, -0.05) is 6.92 Å². The lowest BCUT2D eigenvalue weighted by Crippen LogP contribution is -2.51. The molecule has 2 aromatic rings. The average Bonchev–Trinajstić information content (AvgIpc) is 2.94. The van der Waals surface area contributed by atoms with Gasteiger partial charge in [-0.25, -0.2) is 4.98 Å². The molecule has 6 nitrogen and oxygen atoms in total. The molecule has 20 heavy (non-hydrogen) atoms. The molecule has 6 heteroatoms. The molecule has 1 aliphatic rings. The fourth-order valence-electron chi connectivity index (χ4n) is 2.64. The summed E-state index contributed by atoms with van der Waals surface area (Å²) in [5.41, 5.74) is 2.59. The maximum atomic E-state index is 12.3. The monoisotopic (exact) mass is 274 g/mol. The van der Waals surface area contributed by atoms with Crippen molar-refractivity contribution in [2.45, 2.75) is 33.2 Å². The highest BCUT2D eigenvalue weighted by molar-refractivity contribution is 5.93. The number of aromatic nitrogens is 3. The molecular formula is C14H18N4O2. The Kier molecular flexibility index (Phi) is 3.08. The topological polar surface area (TPSA) is 64.2 Å². The van der Waals surface area contributed by atoms with E-state index in [0.29, 0.717) is 31.0 Å². The maximum Gasteiger partial charge on any atom is 0.276 e. The molecule has 1 fully saturated rings. The van der Waals surface area contributed by atoms with Gasteiger partial charge in [0.1, 0.15) is 5.76 Å². The van der Waals surface area contributed by atoms with Gasteiger partial charge in [0.15, 0.2) is 12.1 Å². The molecule has 1 aliphatic heterocycles. The molecule has 0 spiro atoms. The summed E-state index contributed by atoms with van der Waals surface area (Å²) in [6, 6.07) is 2.32. The van der Waals surface area contributed by atoms with Crippen molar-refractivity contribution in [2.75, 3.05) is 13.1 Å². The van der Waals surface area contributed by atoms with Crippen LogP contribution in [0, 0.1) is 13.8 Å². The first kappa shape index (κ1) is 12.9. The van der Waals surface area contributed by atoms with Gasteiger partial charge in [-0.3, -0.25) is 9.48 Å². The number of likely N-dealkylation sites (tertiary alicyclic amines) is 1. The second-order valence-corrected chi connectivity index (χ2v) is 5.21. The van der Waals surface area contributed by atoms with Crippen molar-refractivity contribution < 1.29 is 9.21 Å². The lowest BCUT2D eigenvalue weighted by atomic mass is 10.1. The summed E-state index contributed by atoms with van der Waals surface area (Å²) in [6.45, 7) is 7.32. The Morgan fingerprint density at radius 3 is 2.80 bits per heavy atom. The largest absolute Gasteiger partial charge is 0.448 e. The van der Waals surface area contributed by atoms with Crippen LogP contribution in [0.2, 0.25) is 0 Å². The Balaban J connectivity index is 1.69. The molecule has 0 radical (unpaired) electrons. The smallest absolute Gasteiger partial charge is 0.276 e. The first-order valence-corrected chi connectivity index (χ1v) is 6.84. The van der Waals surface area contributed by atoms with Crippen molar-refractivity contribution in [3.05, 3.63) is 35.3 Å². The van der Waals surface area contributed by atoms with Gasteiger partial charge in [0.25, 0.3) is 5.91 Å². The molecule has 3 rings (SSSR count). The predicted octanol–water partition coefficient (Wildman–Crippen LogP) is 1.75. The van der Waals surface area contributed by atoms with Gasteiger partial charge >= 0.3 is 0 Å². The van der Waals surface area contributed by atoms with Gasteiger partial charge in [-0.2, -0.15) is 5.10 Å². The van der Waals surface area contributed by atoms with E-state index in [1.165, 1.54) is 6.39 Å². The second-order valence-electron chi connectivity index (χ2n) is 5.21. The van der Waals surface area contributed by atoms with Gasteiger partial charge in [0.05, 0.1) is 11.7 Å². The number of oxazole rings is 1. The van der Waals surface area contributed by atoms with E-state index in [-0.39, 0.29) is 11.9 Å². The molecule has 2 aromatic heterocycles. The molecule has 0 atom stereocenters. The van der Waals surface area contributed by atoms with Gasteiger partial charge in [0.2, 0.25) is 0 Å². The van der Waals surface area contributed by atoms with Crippen LogP contribution >= 0.6 is 0 Å². The molecule has 0 aromatic carbocycles. The van der Waals surface area contributed by atoms with Crippen LogP contribution in [0.15, 0.2) is 16.9 Å². The number of nitrogens with zero attached hydrogens (tertiary/aromatic N) is 4. The normalized spacial score (nSPS) is 15.4. The summed E-state index contributed by atoms with van der Waals surface area (Å²) in [7, 11) is 0. The quantitative estimate of drug-likeness (QED) is 0.855. The highest BCUT2D eigenvalue weighted by Crippen LogP contribution is 2.25. The molecule has 106 valence electrons. The summed E-state index contributed by atoms with van der Waals surface area (Å²) in [5, 5.41) is 4.47. The van der Waals surface area contributed by atoms with E-state index in [0.717, 1.165) is 11.4 Å². The average molecular weight is 274 g/mol. The minimum atomic E-state index is -0.0478. The lowest BCUT2D eigenvalue weighted by Gasteiger charge is -2.39. The van der Waals surface area contributed by atoms with E-state index in [1.54, 1.807) is 4.90 Å². The first-order valence-electron chi connectivity index (χ1n) is 6.84. The lowest BCUT2D eigenvalue weighted by molar-refractivity contribution is 0.0490. The SMILES string of the molecule is CCc1ocnc1C(=O)N1CC(n2nc(C)cc2C)C1. The minimum absolute atomic E-state index is 0.0478. The van der Waals surface area contributed by atoms with Crippen LogP contribution in [0.4, 0.5) is 0 Å². The van der Waals surface area contributed by atoms with E-state index < -0.39 is 0 Å². The van der Waals surface area contributed by atoms with Gasteiger partial charge in [-0.05, 0) is 19.9 Å². The zero-order valence-corrected chi connectivity index (χ0v) is 12.0. The number of hydrogen-bond acceptors (Lipinski definition) is 4. The first-order chi connectivity index (χ1) is 9.60. The third-order valence-corrected chi connectivity index (χ3v) is 3.70. The second kappa shape index (κ2) is 4.77. The molecule has 0 saturated carbocycles. The molecule has 0 bridgehead atoms. The highest BCUT2D eigenvalue weighted by Gasteiger charge is 2.35. The molecule has 1 saturated heterocycles. The van der Waals surface area contributed by atoms with E-state index in [9.17, 15) is 4.79 Å². The Labute approximate surface area is 117 Å². The van der Waals surface area contributed by atoms with Crippen molar-refractivity contribution in [1.29, 1.82) is 0 Å². The fourth-order valence-corrected chi connectivity index (χ4v) is 2.64. The van der Waals surface area contributed by atoms with Crippen LogP contribution in [0.5, 0.6) is 0 Å². The van der Waals surface area contributed by atoms with Gasteiger partial charge in [-0.15, -0.1) is 0 Å². The number of amides is 1. The van der Waals surface area contributed by atoms with Crippen LogP contribution in [-0.4, -0.2) is 38.7 Å². The number of rotatable bonds is 3. The summed E-state index contributed by atoms with van der Waals surface area (Å²) in [6.07, 6.45) is 2.01. The summed E-state index contributed by atoms with van der Waals surface area (Å²) in [5.74, 6) is 0.609.